The van der Waals surface area contributed by atoms with Crippen LogP contribution in [0.1, 0.15) is 43.0 Å². The van der Waals surface area contributed by atoms with Crippen molar-refractivity contribution in [1.82, 2.24) is 0 Å². The highest BCUT2D eigenvalue weighted by molar-refractivity contribution is 7.15. The van der Waals surface area contributed by atoms with Crippen LogP contribution in [0.4, 0.5) is 23.9 Å². The Labute approximate surface area is 196 Å². The quantitative estimate of drug-likeness (QED) is 0.443. The maximum atomic E-state index is 13.9. The zero-order valence-electron chi connectivity index (χ0n) is 18.1. The fourth-order valence-corrected chi connectivity index (χ4v) is 5.51. The highest BCUT2D eigenvalue weighted by Gasteiger charge is 2.47. The second-order valence-electron chi connectivity index (χ2n) is 8.93. The summed E-state index contributed by atoms with van der Waals surface area (Å²) in [5, 5.41) is 21.0. The lowest BCUT2D eigenvalue weighted by molar-refractivity contribution is -0.380. The average Bonchev–Trinajstić information content (AvgIpc) is 3.22. The summed E-state index contributed by atoms with van der Waals surface area (Å²) in [6, 6.07) is 9.52. The molecule has 0 saturated carbocycles. The lowest BCUT2D eigenvalue weighted by atomic mass is 9.69. The zero-order chi connectivity index (χ0) is 25.0. The van der Waals surface area contributed by atoms with Gasteiger partial charge in [-0.2, -0.15) is 18.4 Å². The van der Waals surface area contributed by atoms with Crippen LogP contribution in [-0.2, 0) is 11.0 Å². The van der Waals surface area contributed by atoms with Crippen LogP contribution in [0.2, 0.25) is 0 Å². The number of nitro groups is 1. The first-order chi connectivity index (χ1) is 15.9. The molecule has 0 radical (unpaired) electrons. The number of hydrogen-bond donors (Lipinski definition) is 1. The van der Waals surface area contributed by atoms with Gasteiger partial charge >= 0.3 is 11.2 Å². The van der Waals surface area contributed by atoms with E-state index in [1.54, 1.807) is 0 Å². The fourth-order valence-electron chi connectivity index (χ4n) is 4.57. The van der Waals surface area contributed by atoms with Crippen molar-refractivity contribution in [1.29, 1.82) is 5.26 Å². The predicted octanol–water partition coefficient (Wildman–Crippen LogP) is 5.62. The molecule has 1 atom stereocenters. The van der Waals surface area contributed by atoms with Crippen molar-refractivity contribution in [3.63, 3.8) is 0 Å². The van der Waals surface area contributed by atoms with Crippen molar-refractivity contribution in [2.45, 2.75) is 38.8 Å². The first-order valence-electron chi connectivity index (χ1n) is 10.2. The monoisotopic (exact) mass is 488 g/mol. The van der Waals surface area contributed by atoms with Crippen LogP contribution in [0, 0.1) is 26.9 Å². The topological polar surface area (TPSA) is 113 Å². The van der Waals surface area contributed by atoms with E-state index in [0.29, 0.717) is 4.88 Å². The molecule has 34 heavy (non-hydrogen) atoms. The Hall–Kier alpha value is -3.65. The van der Waals surface area contributed by atoms with E-state index in [0.717, 1.165) is 22.3 Å². The highest BCUT2D eigenvalue weighted by atomic mass is 32.1. The van der Waals surface area contributed by atoms with Gasteiger partial charge in [-0.1, -0.05) is 37.3 Å². The molecule has 0 spiro atoms. The van der Waals surface area contributed by atoms with Gasteiger partial charge in [0.1, 0.15) is 5.82 Å². The van der Waals surface area contributed by atoms with Crippen molar-refractivity contribution < 1.29 is 22.9 Å². The number of rotatable bonds is 3. The molecule has 2 N–H and O–H groups in total. The van der Waals surface area contributed by atoms with Crippen molar-refractivity contribution in [2.75, 3.05) is 4.90 Å². The van der Waals surface area contributed by atoms with E-state index in [9.17, 15) is 33.3 Å². The van der Waals surface area contributed by atoms with Crippen LogP contribution in [-0.4, -0.2) is 10.7 Å². The second kappa shape index (κ2) is 7.99. The smallest absolute Gasteiger partial charge is 0.384 e. The van der Waals surface area contributed by atoms with Gasteiger partial charge in [0.2, 0.25) is 0 Å². The molecule has 0 bridgehead atoms. The number of para-hydroxylation sites is 1. The number of anilines is 1. The number of carbonyl (C=O) groups excluding carboxylic acids is 1. The Morgan fingerprint density at radius 1 is 1.24 bits per heavy atom. The summed E-state index contributed by atoms with van der Waals surface area (Å²) in [5.74, 6) is -1.55. The molecule has 176 valence electrons. The fraction of sp³-hybridized carbons (Fsp3) is 0.304. The van der Waals surface area contributed by atoms with Gasteiger partial charge in [-0.05, 0) is 30.0 Å². The first kappa shape index (κ1) is 23.5. The maximum absolute atomic E-state index is 13.9. The van der Waals surface area contributed by atoms with E-state index in [4.69, 9.17) is 5.73 Å². The third-order valence-electron chi connectivity index (χ3n) is 5.91. The van der Waals surface area contributed by atoms with Crippen LogP contribution < -0.4 is 10.6 Å². The Morgan fingerprint density at radius 2 is 1.91 bits per heavy atom. The van der Waals surface area contributed by atoms with Crippen molar-refractivity contribution in [3.05, 3.63) is 79.6 Å². The van der Waals surface area contributed by atoms with Gasteiger partial charge in [0.05, 0.1) is 33.7 Å². The molecule has 4 rings (SSSR count). The first-order valence-corrected chi connectivity index (χ1v) is 11.0. The largest absolute Gasteiger partial charge is 0.418 e. The van der Waals surface area contributed by atoms with Crippen LogP contribution in [0.25, 0.3) is 0 Å². The normalized spacial score (nSPS) is 20.3. The molecule has 1 aromatic heterocycles. The number of ketones is 1. The minimum absolute atomic E-state index is 0.114. The molecule has 1 aliphatic heterocycles. The molecule has 2 heterocycles. The number of thiophene rings is 1. The minimum atomic E-state index is -4.70. The Balaban J connectivity index is 2.03. The lowest BCUT2D eigenvalue weighted by Crippen LogP contribution is -2.42. The molecule has 11 heteroatoms. The molecule has 1 aromatic carbocycles. The number of halogens is 3. The van der Waals surface area contributed by atoms with E-state index < -0.39 is 28.0 Å². The third kappa shape index (κ3) is 3.84. The van der Waals surface area contributed by atoms with E-state index in [-0.39, 0.29) is 52.0 Å². The van der Waals surface area contributed by atoms with Crippen LogP contribution >= 0.6 is 11.3 Å². The number of hydrogen-bond acceptors (Lipinski definition) is 7. The molecular weight excluding hydrogens is 469 g/mol. The number of nitrogens with two attached hydrogens (primary N) is 1. The van der Waals surface area contributed by atoms with E-state index in [2.05, 4.69) is 0 Å². The lowest BCUT2D eigenvalue weighted by Gasteiger charge is -2.44. The molecule has 0 unspecified atom stereocenters. The van der Waals surface area contributed by atoms with Gasteiger partial charge in [-0.25, -0.2) is 0 Å². The SMILES string of the molecule is CC1(C)CC(=O)C2=C(C1)N(c1ccccc1C(F)(F)F)C(N)=C(C#N)[C@@H]2c1ccc([N+](=O)[O-])s1. The molecule has 1 aliphatic carbocycles. The van der Waals surface area contributed by atoms with Crippen molar-refractivity contribution in [2.24, 2.45) is 11.1 Å². The number of allylic oxidation sites excluding steroid dienone is 3. The van der Waals surface area contributed by atoms with Crippen LogP contribution in [0.3, 0.4) is 0 Å². The van der Waals surface area contributed by atoms with Gasteiger partial charge in [-0.15, -0.1) is 0 Å². The highest BCUT2D eigenvalue weighted by Crippen LogP contribution is 2.52. The summed E-state index contributed by atoms with van der Waals surface area (Å²) < 4.78 is 41.7. The minimum Gasteiger partial charge on any atom is -0.384 e. The van der Waals surface area contributed by atoms with E-state index in [1.165, 1.54) is 30.3 Å². The number of nitriles is 1. The van der Waals surface area contributed by atoms with Crippen molar-refractivity contribution >= 4 is 27.8 Å². The summed E-state index contributed by atoms with van der Waals surface area (Å²) in [7, 11) is 0. The third-order valence-corrected chi connectivity index (χ3v) is 7.01. The van der Waals surface area contributed by atoms with Gasteiger partial charge in [0.15, 0.2) is 5.78 Å². The molecular formula is C23H19F3N4O3S. The Bertz CT molecular complexity index is 1320. The molecule has 2 aliphatic rings. The maximum Gasteiger partial charge on any atom is 0.418 e. The van der Waals surface area contributed by atoms with Crippen LogP contribution in [0.15, 0.2) is 59.1 Å². The van der Waals surface area contributed by atoms with Crippen molar-refractivity contribution in [3.8, 4) is 6.07 Å². The second-order valence-corrected chi connectivity index (χ2v) is 10.0. The molecule has 2 aromatic rings. The summed E-state index contributed by atoms with van der Waals surface area (Å²) in [6.45, 7) is 3.65. The predicted molar refractivity (Wildman–Crippen MR) is 120 cm³/mol. The number of alkyl halides is 3. The molecule has 0 amide bonds. The zero-order valence-corrected chi connectivity index (χ0v) is 19.0. The summed E-state index contributed by atoms with van der Waals surface area (Å²) in [6.07, 6.45) is -4.36. The van der Waals surface area contributed by atoms with Crippen LogP contribution in [0.5, 0.6) is 0 Å². The molecule has 7 nitrogen and oxygen atoms in total. The van der Waals surface area contributed by atoms with Gasteiger partial charge in [0.25, 0.3) is 0 Å². The number of benzene rings is 1. The van der Waals surface area contributed by atoms with Gasteiger partial charge in [0, 0.05) is 28.6 Å². The number of nitrogens with zero attached hydrogens (tertiary/aromatic N) is 3. The Morgan fingerprint density at radius 3 is 2.50 bits per heavy atom. The van der Waals surface area contributed by atoms with E-state index >= 15 is 0 Å². The Kier molecular flexibility index (Phi) is 5.52. The van der Waals surface area contributed by atoms with E-state index in [1.807, 2.05) is 19.9 Å². The summed E-state index contributed by atoms with van der Waals surface area (Å²) >= 11 is 0.806. The van der Waals surface area contributed by atoms with Gasteiger partial charge < -0.3 is 5.73 Å². The summed E-state index contributed by atoms with van der Waals surface area (Å²) in [5.41, 5.74) is 4.84. The molecule has 0 fully saturated rings. The standard InChI is InChI=1S/C23H19F3N4O3S/c1-22(2)9-15-20(16(31)10-22)19(17-7-8-18(34-17)30(32)33)12(11-27)21(28)29(15)14-6-4-3-5-13(14)23(24,25)26/h3-8,19H,9-10,28H2,1-2H3/t19-/m1/s1. The number of Topliss-reactive ketones (excluding diaryl/α,β-unsaturated/α-hetero) is 1. The summed E-state index contributed by atoms with van der Waals surface area (Å²) in [4.78, 5) is 25.6. The number of carbonyl (C=O) groups is 1. The van der Waals surface area contributed by atoms with Gasteiger partial charge in [-0.3, -0.25) is 19.8 Å². The molecule has 0 saturated heterocycles. The average molecular weight is 488 g/mol.